The molecule has 0 unspecified atom stereocenters. The summed E-state index contributed by atoms with van der Waals surface area (Å²) in [6.07, 6.45) is 0. The molecular weight excluding hydrogens is 944 g/mol. The summed E-state index contributed by atoms with van der Waals surface area (Å²) in [6, 6.07) is 35.5. The first-order valence-corrected chi connectivity index (χ1v) is 18.0. The monoisotopic (exact) mass is 958 g/mol. The molecule has 0 aliphatic carbocycles. The van der Waals surface area contributed by atoms with Crippen LogP contribution in [0.3, 0.4) is 0 Å². The van der Waals surface area contributed by atoms with Crippen LogP contribution in [0, 0.1) is 0 Å². The highest BCUT2D eigenvalue weighted by atomic mass is 79.9. The predicted molar refractivity (Wildman–Crippen MR) is 203 cm³/mol. The zero-order valence-electron chi connectivity index (χ0n) is 22.6. The number of phenolic OH excluding ortho intramolecular Hbond substituents is 2. The molecule has 2 nitrogen and oxygen atoms in total. The Bertz CT molecular complexity index is 1850. The molecule has 2 N–H and O–H groups in total. The summed E-state index contributed by atoms with van der Waals surface area (Å²) in [4.78, 5) is 0. The minimum atomic E-state index is 0.168. The summed E-state index contributed by atoms with van der Waals surface area (Å²) >= 11 is 21.9. The van der Waals surface area contributed by atoms with E-state index < -0.39 is 0 Å². The van der Waals surface area contributed by atoms with Gasteiger partial charge in [-0.05, 0) is 126 Å². The van der Waals surface area contributed by atoms with Crippen LogP contribution in [0.1, 0.15) is 0 Å². The van der Waals surface area contributed by atoms with Crippen molar-refractivity contribution in [2.24, 2.45) is 0 Å². The van der Waals surface area contributed by atoms with Crippen molar-refractivity contribution in [2.75, 3.05) is 0 Å². The van der Waals surface area contributed by atoms with Crippen molar-refractivity contribution in [3.05, 3.63) is 136 Å². The summed E-state index contributed by atoms with van der Waals surface area (Å²) < 4.78 is 5.25. The van der Waals surface area contributed by atoms with Gasteiger partial charge in [-0.3, -0.25) is 0 Å². The summed E-state index contributed by atoms with van der Waals surface area (Å²) in [7, 11) is 0. The molecule has 0 atom stereocenters. The van der Waals surface area contributed by atoms with E-state index in [4.69, 9.17) is 0 Å². The van der Waals surface area contributed by atoms with Crippen molar-refractivity contribution in [3.8, 4) is 67.1 Å². The van der Waals surface area contributed by atoms with Crippen molar-refractivity contribution in [3.63, 3.8) is 0 Å². The van der Waals surface area contributed by atoms with Gasteiger partial charge < -0.3 is 10.2 Å². The molecular formula is C36H20Br6O2. The predicted octanol–water partition coefficient (Wildman–Crippen LogP) is 14.0. The zero-order valence-corrected chi connectivity index (χ0v) is 32.1. The third-order valence-corrected chi connectivity index (χ3v) is 11.1. The van der Waals surface area contributed by atoms with Crippen LogP contribution in [0.4, 0.5) is 0 Å². The first-order valence-electron chi connectivity index (χ1n) is 13.3. The number of hydrogen-bond donors (Lipinski definition) is 2. The molecule has 0 aliphatic rings. The topological polar surface area (TPSA) is 40.5 Å². The van der Waals surface area contributed by atoms with Crippen molar-refractivity contribution >= 4 is 95.6 Å². The summed E-state index contributed by atoms with van der Waals surface area (Å²) in [5.74, 6) is 0.336. The minimum absolute atomic E-state index is 0.168. The van der Waals surface area contributed by atoms with Crippen LogP contribution in [-0.2, 0) is 0 Å². The lowest BCUT2D eigenvalue weighted by molar-refractivity contribution is 0.478. The number of phenols is 2. The van der Waals surface area contributed by atoms with Crippen molar-refractivity contribution in [1.82, 2.24) is 0 Å². The molecule has 6 aromatic carbocycles. The maximum absolute atomic E-state index is 11.8. The quantitative estimate of drug-likeness (QED) is 0.181. The second kappa shape index (κ2) is 13.3. The summed E-state index contributed by atoms with van der Waals surface area (Å²) in [6.45, 7) is 0. The lowest BCUT2D eigenvalue weighted by atomic mass is 9.88. The highest BCUT2D eigenvalue weighted by Crippen LogP contribution is 2.53. The van der Waals surface area contributed by atoms with Gasteiger partial charge in [-0.25, -0.2) is 0 Å². The third-order valence-electron chi connectivity index (χ3n) is 7.34. The Hall–Kier alpha value is -2.20. The average Bonchev–Trinajstić information content (AvgIpc) is 3.01. The van der Waals surface area contributed by atoms with E-state index in [2.05, 4.69) is 95.6 Å². The van der Waals surface area contributed by atoms with Crippen LogP contribution < -0.4 is 0 Å². The van der Waals surface area contributed by atoms with E-state index in [0.717, 1.165) is 60.2 Å². The largest absolute Gasteiger partial charge is 0.507 e. The molecule has 8 heteroatoms. The first kappa shape index (κ1) is 31.8. The van der Waals surface area contributed by atoms with Gasteiger partial charge in [0.25, 0.3) is 0 Å². The second-order valence-corrected chi connectivity index (χ2v) is 15.3. The number of rotatable bonds is 5. The van der Waals surface area contributed by atoms with Crippen LogP contribution in [-0.4, -0.2) is 10.2 Å². The molecule has 44 heavy (non-hydrogen) atoms. The van der Waals surface area contributed by atoms with E-state index in [9.17, 15) is 10.2 Å². The first-order chi connectivity index (χ1) is 21.1. The highest BCUT2D eigenvalue weighted by Gasteiger charge is 2.25. The number of halogens is 6. The average molecular weight is 964 g/mol. The number of benzene rings is 6. The molecule has 0 fully saturated rings. The zero-order chi connectivity index (χ0) is 31.1. The van der Waals surface area contributed by atoms with E-state index in [-0.39, 0.29) is 11.5 Å². The van der Waals surface area contributed by atoms with E-state index in [1.807, 2.05) is 109 Å². The van der Waals surface area contributed by atoms with Gasteiger partial charge in [-0.15, -0.1) is 0 Å². The maximum atomic E-state index is 11.8. The maximum Gasteiger partial charge on any atom is 0.132 e. The molecule has 0 bridgehead atoms. The van der Waals surface area contributed by atoms with Crippen molar-refractivity contribution in [2.45, 2.75) is 0 Å². The van der Waals surface area contributed by atoms with E-state index in [1.54, 1.807) is 0 Å². The Morgan fingerprint density at radius 1 is 0.318 bits per heavy atom. The van der Waals surface area contributed by atoms with Gasteiger partial charge in [0.2, 0.25) is 0 Å². The minimum Gasteiger partial charge on any atom is -0.507 e. The van der Waals surface area contributed by atoms with Gasteiger partial charge in [0.15, 0.2) is 0 Å². The summed E-state index contributed by atoms with van der Waals surface area (Å²) in [5, 5.41) is 23.6. The van der Waals surface area contributed by atoms with Crippen LogP contribution >= 0.6 is 95.6 Å². The lowest BCUT2D eigenvalue weighted by Crippen LogP contribution is -1.95. The van der Waals surface area contributed by atoms with Crippen LogP contribution in [0.25, 0.3) is 55.6 Å². The Labute approximate surface area is 306 Å². The SMILES string of the molecule is Oc1c(-c2ccc(Br)cc2)cc(-c2cc(-c3ccc(Br)cc3)c(O)c(-c3ccc(Br)cc3)c2Br)c(Br)c1-c1ccc(Br)cc1. The Kier molecular flexibility index (Phi) is 9.58. The van der Waals surface area contributed by atoms with Crippen LogP contribution in [0.15, 0.2) is 136 Å². The molecule has 6 rings (SSSR count). The third kappa shape index (κ3) is 6.26. The molecule has 0 saturated heterocycles. The van der Waals surface area contributed by atoms with Crippen LogP contribution in [0.2, 0.25) is 0 Å². The van der Waals surface area contributed by atoms with Gasteiger partial charge in [0.05, 0.1) is 0 Å². The molecule has 218 valence electrons. The summed E-state index contributed by atoms with van der Waals surface area (Å²) in [5.41, 5.74) is 7.86. The fraction of sp³-hybridized carbons (Fsp3) is 0. The molecule has 0 spiro atoms. The van der Waals surface area contributed by atoms with Crippen LogP contribution in [0.5, 0.6) is 11.5 Å². The van der Waals surface area contributed by atoms with E-state index >= 15 is 0 Å². The fourth-order valence-corrected chi connectivity index (χ4v) is 7.70. The molecule has 0 radical (unpaired) electrons. The molecule has 6 aromatic rings. The molecule has 0 aliphatic heterocycles. The van der Waals surface area contributed by atoms with Gasteiger partial charge in [0, 0.05) is 49.1 Å². The fourth-order valence-electron chi connectivity index (χ4n) is 5.15. The lowest BCUT2D eigenvalue weighted by Gasteiger charge is -2.21. The number of hydrogen-bond acceptors (Lipinski definition) is 2. The van der Waals surface area contributed by atoms with Crippen molar-refractivity contribution in [1.29, 1.82) is 0 Å². The highest BCUT2D eigenvalue weighted by molar-refractivity contribution is 9.11. The van der Waals surface area contributed by atoms with E-state index in [0.29, 0.717) is 22.3 Å². The van der Waals surface area contributed by atoms with Crippen molar-refractivity contribution < 1.29 is 10.2 Å². The smallest absolute Gasteiger partial charge is 0.132 e. The Morgan fingerprint density at radius 3 is 0.841 bits per heavy atom. The standard InChI is InChI=1S/C36H20Br6O2/c37-23-9-1-19(2-10-23)27-17-29(33(41)31(35(27)43)21-5-13-25(39)14-6-21)30-18-28(20-3-11-24(38)12-4-20)36(44)32(34(30)42)22-7-15-26(40)16-8-22/h1-18,43-44H. The normalized spacial score (nSPS) is 11.1. The van der Waals surface area contributed by atoms with Gasteiger partial charge in [-0.1, -0.05) is 112 Å². The molecule has 0 saturated carbocycles. The van der Waals surface area contributed by atoms with Gasteiger partial charge in [0.1, 0.15) is 11.5 Å². The van der Waals surface area contributed by atoms with Gasteiger partial charge >= 0.3 is 0 Å². The molecule has 0 aromatic heterocycles. The molecule has 0 amide bonds. The Balaban J connectivity index is 1.71. The van der Waals surface area contributed by atoms with Gasteiger partial charge in [-0.2, -0.15) is 0 Å². The second-order valence-electron chi connectivity index (χ2n) is 10.0. The Morgan fingerprint density at radius 2 is 0.568 bits per heavy atom. The number of aromatic hydroxyl groups is 2. The molecule has 0 heterocycles. The van der Waals surface area contributed by atoms with E-state index in [1.165, 1.54) is 0 Å².